The summed E-state index contributed by atoms with van der Waals surface area (Å²) in [5.41, 5.74) is 1.07. The van der Waals surface area contributed by atoms with Gasteiger partial charge in [0.2, 0.25) is 23.6 Å². The van der Waals surface area contributed by atoms with Crippen molar-refractivity contribution < 1.29 is 29.0 Å². The highest BCUT2D eigenvalue weighted by molar-refractivity contribution is 6.32. The molecule has 218 valence electrons. The van der Waals surface area contributed by atoms with Crippen LogP contribution in [0.1, 0.15) is 29.9 Å². The summed E-state index contributed by atoms with van der Waals surface area (Å²) >= 11 is 6.33. The summed E-state index contributed by atoms with van der Waals surface area (Å²) in [6, 6.07) is 20.7. The molecule has 4 amide bonds. The Morgan fingerprint density at radius 1 is 0.907 bits per heavy atom. The number of carbonyl (C=O) groups excluding carboxylic acids is 4. The zero-order chi connectivity index (χ0) is 30.2. The Balaban J connectivity index is 1.54. The Labute approximate surface area is 253 Å². The molecule has 43 heavy (non-hydrogen) atoms. The van der Waals surface area contributed by atoms with Crippen LogP contribution in [0.3, 0.4) is 0 Å². The molecule has 7 rings (SSSR count). The number of carbonyl (C=O) groups is 4. The van der Waals surface area contributed by atoms with E-state index < -0.39 is 40.9 Å². The Bertz CT molecular complexity index is 1740. The van der Waals surface area contributed by atoms with Gasteiger partial charge in [0.1, 0.15) is 11.5 Å². The van der Waals surface area contributed by atoms with Crippen LogP contribution in [0.2, 0.25) is 5.02 Å². The van der Waals surface area contributed by atoms with Gasteiger partial charge >= 0.3 is 0 Å². The summed E-state index contributed by atoms with van der Waals surface area (Å²) in [6.07, 6.45) is 2.55. The topological polar surface area (TPSA) is 104 Å². The Kier molecular flexibility index (Phi) is 6.25. The highest BCUT2D eigenvalue weighted by Crippen LogP contribution is 2.65. The van der Waals surface area contributed by atoms with Crippen molar-refractivity contribution >= 4 is 40.9 Å². The van der Waals surface area contributed by atoms with Crippen molar-refractivity contribution in [1.29, 1.82) is 0 Å². The lowest BCUT2D eigenvalue weighted by Gasteiger charge is -2.51. The second-order valence-corrected chi connectivity index (χ2v) is 12.2. The van der Waals surface area contributed by atoms with E-state index in [-0.39, 0.29) is 29.9 Å². The van der Waals surface area contributed by atoms with Gasteiger partial charge in [-0.05, 0) is 48.6 Å². The Hall–Kier alpha value is -4.43. The highest BCUT2D eigenvalue weighted by atomic mass is 35.5. The van der Waals surface area contributed by atoms with Crippen molar-refractivity contribution in [2.75, 3.05) is 19.1 Å². The van der Waals surface area contributed by atoms with Gasteiger partial charge in [-0.2, -0.15) is 0 Å². The average Bonchev–Trinajstić information content (AvgIpc) is 3.38. The van der Waals surface area contributed by atoms with Crippen molar-refractivity contribution in [2.45, 2.75) is 24.2 Å². The second kappa shape index (κ2) is 9.81. The summed E-state index contributed by atoms with van der Waals surface area (Å²) in [5.74, 6) is -4.14. The van der Waals surface area contributed by atoms with E-state index in [2.05, 4.69) is 0 Å². The van der Waals surface area contributed by atoms with E-state index in [0.29, 0.717) is 34.0 Å². The number of likely N-dealkylation sites (tertiary alicyclic amines) is 1. The molecule has 2 heterocycles. The van der Waals surface area contributed by atoms with Gasteiger partial charge in [0.15, 0.2) is 0 Å². The maximum Gasteiger partial charge on any atom is 0.246 e. The number of methoxy groups -OCH3 is 1. The van der Waals surface area contributed by atoms with Crippen molar-refractivity contribution in [1.82, 2.24) is 4.90 Å². The highest BCUT2D eigenvalue weighted by Gasteiger charge is 2.70. The zero-order valence-corrected chi connectivity index (χ0v) is 24.3. The predicted molar refractivity (Wildman–Crippen MR) is 159 cm³/mol. The van der Waals surface area contributed by atoms with Crippen LogP contribution in [-0.2, 0) is 24.6 Å². The van der Waals surface area contributed by atoms with Crippen LogP contribution in [0.5, 0.6) is 11.5 Å². The number of rotatable bonds is 4. The molecule has 3 fully saturated rings. The number of allylic oxidation sites excluding steroid dienone is 2. The van der Waals surface area contributed by atoms with Gasteiger partial charge in [-0.15, -0.1) is 0 Å². The summed E-state index contributed by atoms with van der Waals surface area (Å²) < 4.78 is 5.78. The number of ether oxygens (including phenoxy) is 1. The molecule has 0 aromatic heterocycles. The number of benzene rings is 3. The molecule has 1 saturated carbocycles. The van der Waals surface area contributed by atoms with Crippen molar-refractivity contribution in [3.8, 4) is 11.5 Å². The van der Waals surface area contributed by atoms with Crippen LogP contribution >= 0.6 is 11.6 Å². The molecule has 0 spiro atoms. The first-order valence-electron chi connectivity index (χ1n) is 14.3. The van der Waals surface area contributed by atoms with Gasteiger partial charge in [-0.1, -0.05) is 65.7 Å². The number of anilines is 1. The van der Waals surface area contributed by atoms with Gasteiger partial charge in [0.05, 0.1) is 36.0 Å². The standard InChI is InChI=1S/C34H29ClN2O6/c1-36-30(39)24-14-13-22-25(28(24)32(36)41)17-26-31(40)37(20-10-6-9-19(35)15-20)33(42)34(26,18-7-4-3-5-8-18)29(22)23-12-11-21(38)16-27(23)43-2/h3-13,15-16,24-26,28-29,38H,14,17H2,1-2H3/t24-,25+,26-,28-,29+,34+/m0/s1. The number of nitrogens with zero attached hydrogens (tertiary/aromatic N) is 2. The summed E-state index contributed by atoms with van der Waals surface area (Å²) in [7, 11) is 3.00. The van der Waals surface area contributed by atoms with Crippen molar-refractivity contribution in [3.63, 3.8) is 0 Å². The van der Waals surface area contributed by atoms with Crippen LogP contribution in [0, 0.1) is 23.7 Å². The molecule has 3 aromatic rings. The smallest absolute Gasteiger partial charge is 0.246 e. The number of amides is 4. The zero-order valence-electron chi connectivity index (χ0n) is 23.6. The molecule has 4 aliphatic rings. The van der Waals surface area contributed by atoms with Crippen molar-refractivity contribution in [3.05, 3.63) is 101 Å². The fourth-order valence-electron chi connectivity index (χ4n) is 8.18. The lowest BCUT2D eigenvalue weighted by Crippen LogP contribution is -2.53. The van der Waals surface area contributed by atoms with E-state index in [4.69, 9.17) is 16.3 Å². The van der Waals surface area contributed by atoms with Crippen LogP contribution in [-0.4, -0.2) is 47.8 Å². The SMILES string of the molecule is COc1cc(O)ccc1[C@H]1C2=CC[C@@H]3C(=O)N(C)C(=O)[C@@H]3[C@@H]2C[C@H]2C(=O)N(c3cccc(Cl)c3)C(=O)[C@@]12c1ccccc1. The predicted octanol–water partition coefficient (Wildman–Crippen LogP) is 4.85. The molecule has 2 aliphatic carbocycles. The van der Waals surface area contributed by atoms with Gasteiger partial charge < -0.3 is 9.84 Å². The summed E-state index contributed by atoms with van der Waals surface area (Å²) in [5, 5.41) is 10.8. The van der Waals surface area contributed by atoms with Crippen LogP contribution in [0.15, 0.2) is 84.4 Å². The number of phenols is 1. The lowest BCUT2D eigenvalue weighted by atomic mass is 9.49. The fraction of sp³-hybridized carbons (Fsp3) is 0.294. The first-order chi connectivity index (χ1) is 20.7. The molecule has 3 aromatic carbocycles. The van der Waals surface area contributed by atoms with E-state index in [1.807, 2.05) is 36.4 Å². The van der Waals surface area contributed by atoms with E-state index in [9.17, 15) is 19.5 Å². The second-order valence-electron chi connectivity index (χ2n) is 11.8. The minimum absolute atomic E-state index is 0.0106. The lowest BCUT2D eigenvalue weighted by molar-refractivity contribution is -0.138. The molecule has 8 nitrogen and oxygen atoms in total. The molecule has 6 atom stereocenters. The largest absolute Gasteiger partial charge is 0.508 e. The first-order valence-corrected chi connectivity index (χ1v) is 14.7. The number of phenolic OH excluding ortho intramolecular Hbond substituents is 1. The van der Waals surface area contributed by atoms with Crippen LogP contribution in [0.4, 0.5) is 5.69 Å². The number of hydrogen-bond acceptors (Lipinski definition) is 6. The third-order valence-electron chi connectivity index (χ3n) is 9.92. The minimum Gasteiger partial charge on any atom is -0.508 e. The molecule has 0 unspecified atom stereocenters. The monoisotopic (exact) mass is 596 g/mol. The fourth-order valence-corrected chi connectivity index (χ4v) is 8.37. The maximum atomic E-state index is 15.1. The van der Waals surface area contributed by atoms with Crippen molar-refractivity contribution in [2.24, 2.45) is 23.7 Å². The third kappa shape index (κ3) is 3.69. The van der Waals surface area contributed by atoms with E-state index in [1.165, 1.54) is 36.1 Å². The van der Waals surface area contributed by atoms with Crippen LogP contribution < -0.4 is 9.64 Å². The summed E-state index contributed by atoms with van der Waals surface area (Å²) in [4.78, 5) is 58.8. The molecule has 9 heteroatoms. The van der Waals surface area contributed by atoms with E-state index in [1.54, 1.807) is 30.3 Å². The number of hydrogen-bond donors (Lipinski definition) is 1. The molecular formula is C34H29ClN2O6. The molecular weight excluding hydrogens is 568 g/mol. The maximum absolute atomic E-state index is 15.1. The molecule has 1 N–H and O–H groups in total. The van der Waals surface area contributed by atoms with E-state index in [0.717, 1.165) is 5.57 Å². The molecule has 2 aliphatic heterocycles. The Morgan fingerprint density at radius 3 is 2.40 bits per heavy atom. The molecule has 0 radical (unpaired) electrons. The molecule has 2 saturated heterocycles. The first kappa shape index (κ1) is 27.4. The quantitative estimate of drug-likeness (QED) is 0.341. The number of imide groups is 2. The average molecular weight is 597 g/mol. The van der Waals surface area contributed by atoms with Gasteiger partial charge in [0, 0.05) is 29.6 Å². The van der Waals surface area contributed by atoms with Gasteiger partial charge in [-0.25, -0.2) is 4.90 Å². The normalized spacial score (nSPS) is 29.7. The summed E-state index contributed by atoms with van der Waals surface area (Å²) in [6.45, 7) is 0. The number of fused-ring (bicyclic) bond motifs is 4. The molecule has 0 bridgehead atoms. The Morgan fingerprint density at radius 2 is 1.67 bits per heavy atom. The van der Waals surface area contributed by atoms with Gasteiger partial charge in [0.25, 0.3) is 0 Å². The number of halogens is 1. The van der Waals surface area contributed by atoms with E-state index >= 15 is 4.79 Å². The van der Waals surface area contributed by atoms with Gasteiger partial charge in [-0.3, -0.25) is 24.1 Å². The third-order valence-corrected chi connectivity index (χ3v) is 10.2. The minimum atomic E-state index is -1.41. The number of aromatic hydroxyl groups is 1. The van der Waals surface area contributed by atoms with Crippen LogP contribution in [0.25, 0.3) is 0 Å².